The molecule has 1 aliphatic rings. The van der Waals surface area contributed by atoms with E-state index in [9.17, 15) is 4.79 Å². The second-order valence-electron chi connectivity index (χ2n) is 2.80. The molecular formula is C8H14N2O3. The quantitative estimate of drug-likeness (QED) is 0.659. The Hall–Kier alpha value is -1.26. The van der Waals surface area contributed by atoms with E-state index < -0.39 is 6.09 Å². The average Bonchev–Trinajstić information content (AvgIpc) is 2.08. The topological polar surface area (TPSA) is 62.1 Å². The smallest absolute Gasteiger partial charge is 0.408 e. The second-order valence-corrected chi connectivity index (χ2v) is 2.80. The molecule has 1 heterocycles. The maximum Gasteiger partial charge on any atom is 0.408 e. The third-order valence-corrected chi connectivity index (χ3v) is 1.97. The molecule has 1 aliphatic heterocycles. The number of hydrogen-bond donors (Lipinski definition) is 1. The highest BCUT2D eigenvalue weighted by atomic mass is 16.5. The highest BCUT2D eigenvalue weighted by Gasteiger charge is 2.27. The van der Waals surface area contributed by atoms with Crippen LogP contribution in [0.3, 0.4) is 0 Å². The summed E-state index contributed by atoms with van der Waals surface area (Å²) in [5.74, 6) is 0.524. The van der Waals surface area contributed by atoms with Crippen molar-refractivity contribution in [3.8, 4) is 0 Å². The normalized spacial score (nSPS) is 22.5. The molecule has 1 atom stereocenters. The lowest BCUT2D eigenvalue weighted by atomic mass is 10.2. The van der Waals surface area contributed by atoms with Crippen LogP contribution < -0.4 is 0 Å². The zero-order chi connectivity index (χ0) is 9.84. The van der Waals surface area contributed by atoms with Crippen molar-refractivity contribution in [2.24, 2.45) is 4.99 Å². The van der Waals surface area contributed by atoms with Gasteiger partial charge in [0.25, 0.3) is 0 Å². The first kappa shape index (κ1) is 9.83. The molecule has 0 aromatic carbocycles. The molecule has 1 amide bonds. The molecule has 0 aliphatic carbocycles. The first-order chi connectivity index (χ1) is 6.16. The van der Waals surface area contributed by atoms with Gasteiger partial charge >= 0.3 is 6.09 Å². The summed E-state index contributed by atoms with van der Waals surface area (Å²) < 4.78 is 5.22. The van der Waals surface area contributed by atoms with E-state index in [2.05, 4.69) is 4.99 Å². The van der Waals surface area contributed by atoms with E-state index in [1.807, 2.05) is 6.92 Å². The van der Waals surface area contributed by atoms with Gasteiger partial charge in [0, 0.05) is 6.54 Å². The SMILES string of the molecule is CCOC1=NCCN(C(=O)O)[C@@H]1C. The van der Waals surface area contributed by atoms with E-state index in [1.54, 1.807) is 6.92 Å². The predicted octanol–water partition coefficient (Wildman–Crippen LogP) is 0.804. The molecule has 0 radical (unpaired) electrons. The van der Waals surface area contributed by atoms with E-state index in [0.29, 0.717) is 25.6 Å². The van der Waals surface area contributed by atoms with Gasteiger partial charge in [0.05, 0.1) is 13.2 Å². The van der Waals surface area contributed by atoms with Gasteiger partial charge in [-0.25, -0.2) is 4.79 Å². The van der Waals surface area contributed by atoms with Gasteiger partial charge in [0.1, 0.15) is 6.04 Å². The maximum atomic E-state index is 10.7. The molecule has 0 saturated heterocycles. The molecule has 5 heteroatoms. The Kier molecular flexibility index (Phi) is 3.11. The molecule has 74 valence electrons. The minimum Gasteiger partial charge on any atom is -0.480 e. The third kappa shape index (κ3) is 2.11. The van der Waals surface area contributed by atoms with E-state index in [4.69, 9.17) is 9.84 Å². The van der Waals surface area contributed by atoms with Gasteiger partial charge in [-0.1, -0.05) is 0 Å². The summed E-state index contributed by atoms with van der Waals surface area (Å²) in [6.07, 6.45) is -0.917. The summed E-state index contributed by atoms with van der Waals surface area (Å²) in [4.78, 5) is 16.2. The van der Waals surface area contributed by atoms with Crippen molar-refractivity contribution in [2.45, 2.75) is 19.9 Å². The van der Waals surface area contributed by atoms with E-state index >= 15 is 0 Å². The Bertz CT molecular complexity index is 227. The third-order valence-electron chi connectivity index (χ3n) is 1.97. The molecule has 0 saturated carbocycles. The van der Waals surface area contributed by atoms with Gasteiger partial charge in [-0.15, -0.1) is 0 Å². The lowest BCUT2D eigenvalue weighted by Gasteiger charge is -2.30. The number of hydrogen-bond acceptors (Lipinski definition) is 3. The number of aliphatic imine (C=N–C) groups is 1. The Morgan fingerprint density at radius 2 is 2.54 bits per heavy atom. The summed E-state index contributed by atoms with van der Waals surface area (Å²) in [5.41, 5.74) is 0. The van der Waals surface area contributed by atoms with Crippen LogP contribution in [0.5, 0.6) is 0 Å². The molecule has 0 aromatic rings. The number of ether oxygens (including phenoxy) is 1. The summed E-state index contributed by atoms with van der Waals surface area (Å²) in [5, 5.41) is 8.81. The van der Waals surface area contributed by atoms with Gasteiger partial charge < -0.3 is 9.84 Å². The monoisotopic (exact) mass is 186 g/mol. The highest BCUT2D eigenvalue weighted by Crippen LogP contribution is 2.08. The Morgan fingerprint density at radius 1 is 1.85 bits per heavy atom. The number of amides is 1. The fourth-order valence-corrected chi connectivity index (χ4v) is 1.30. The van der Waals surface area contributed by atoms with Crippen LogP contribution in [0, 0.1) is 0 Å². The van der Waals surface area contributed by atoms with Crippen molar-refractivity contribution in [3.63, 3.8) is 0 Å². The second kappa shape index (κ2) is 4.11. The molecule has 0 aromatic heterocycles. The van der Waals surface area contributed by atoms with Crippen LogP contribution in [-0.2, 0) is 4.74 Å². The van der Waals surface area contributed by atoms with Crippen molar-refractivity contribution >= 4 is 12.0 Å². The van der Waals surface area contributed by atoms with Gasteiger partial charge in [0.2, 0.25) is 5.90 Å². The van der Waals surface area contributed by atoms with E-state index in [0.717, 1.165) is 0 Å². The first-order valence-electron chi connectivity index (χ1n) is 4.33. The molecule has 0 unspecified atom stereocenters. The number of carboxylic acid groups (broad SMARTS) is 1. The fourth-order valence-electron chi connectivity index (χ4n) is 1.30. The molecular weight excluding hydrogens is 172 g/mol. The average molecular weight is 186 g/mol. The van der Waals surface area contributed by atoms with Crippen LogP contribution in [-0.4, -0.2) is 47.7 Å². The largest absolute Gasteiger partial charge is 0.480 e. The Morgan fingerprint density at radius 3 is 3.08 bits per heavy atom. The molecule has 0 fully saturated rings. The van der Waals surface area contributed by atoms with Crippen molar-refractivity contribution in [2.75, 3.05) is 19.7 Å². The zero-order valence-electron chi connectivity index (χ0n) is 7.86. The van der Waals surface area contributed by atoms with Crippen LogP contribution in [0.4, 0.5) is 4.79 Å². The number of rotatable bonds is 1. The molecule has 1 rings (SSSR count). The summed E-state index contributed by atoms with van der Waals surface area (Å²) in [7, 11) is 0. The van der Waals surface area contributed by atoms with Gasteiger partial charge in [-0.05, 0) is 13.8 Å². The maximum absolute atomic E-state index is 10.7. The molecule has 13 heavy (non-hydrogen) atoms. The van der Waals surface area contributed by atoms with E-state index in [1.165, 1.54) is 4.90 Å². The minimum atomic E-state index is -0.917. The van der Waals surface area contributed by atoms with Crippen molar-refractivity contribution in [1.29, 1.82) is 0 Å². The molecule has 0 spiro atoms. The van der Waals surface area contributed by atoms with Gasteiger partial charge in [-0.3, -0.25) is 9.89 Å². The van der Waals surface area contributed by atoms with Crippen LogP contribution in [0.2, 0.25) is 0 Å². The minimum absolute atomic E-state index is 0.258. The predicted molar refractivity (Wildman–Crippen MR) is 48.1 cm³/mol. The van der Waals surface area contributed by atoms with Crippen LogP contribution in [0.25, 0.3) is 0 Å². The van der Waals surface area contributed by atoms with Crippen molar-refractivity contribution < 1.29 is 14.6 Å². The van der Waals surface area contributed by atoms with Crippen LogP contribution >= 0.6 is 0 Å². The Balaban J connectivity index is 2.67. The summed E-state index contributed by atoms with van der Waals surface area (Å²) in [6.45, 7) is 5.10. The Labute approximate surface area is 77.0 Å². The number of carbonyl (C=O) groups is 1. The summed E-state index contributed by atoms with van der Waals surface area (Å²) >= 11 is 0. The van der Waals surface area contributed by atoms with Gasteiger partial charge in [-0.2, -0.15) is 0 Å². The molecule has 1 N–H and O–H groups in total. The fraction of sp³-hybridized carbons (Fsp3) is 0.750. The van der Waals surface area contributed by atoms with Crippen LogP contribution in [0.15, 0.2) is 4.99 Å². The van der Waals surface area contributed by atoms with E-state index in [-0.39, 0.29) is 6.04 Å². The highest BCUT2D eigenvalue weighted by molar-refractivity contribution is 5.85. The number of nitrogens with zero attached hydrogens (tertiary/aromatic N) is 2. The standard InChI is InChI=1S/C8H14N2O3/c1-3-13-7-6(2)10(8(11)12)5-4-9-7/h6H,3-5H2,1-2H3,(H,11,12)/t6-/m1/s1. The molecule has 0 bridgehead atoms. The van der Waals surface area contributed by atoms with Gasteiger partial charge in [0.15, 0.2) is 0 Å². The van der Waals surface area contributed by atoms with Crippen molar-refractivity contribution in [1.82, 2.24) is 4.90 Å². The lowest BCUT2D eigenvalue weighted by Crippen LogP contribution is -2.47. The first-order valence-corrected chi connectivity index (χ1v) is 4.33. The molecule has 5 nitrogen and oxygen atoms in total. The van der Waals surface area contributed by atoms with Crippen molar-refractivity contribution in [3.05, 3.63) is 0 Å². The zero-order valence-corrected chi connectivity index (χ0v) is 7.86. The van der Waals surface area contributed by atoms with Crippen LogP contribution in [0.1, 0.15) is 13.8 Å². The lowest BCUT2D eigenvalue weighted by molar-refractivity contribution is 0.131. The summed E-state index contributed by atoms with van der Waals surface area (Å²) in [6, 6.07) is -0.258.